The standard InChI is InChI=1S/C29H39FN6/c1-19-13-24-23-7-4-5-8-25(23)34-27(24)28(36(19)29-14-21(15-29)16-29)20(2)32-17-26(31-3)33-22-9-12-35(18-22)11-6-10-30/h4-5,7-8,17,19,21-22,28,34H,2,6,9-16,18H2,1,3H3,(H,31,33)/t19-,21?,22?,28-,29?/m1/s1. The van der Waals surface area contributed by atoms with E-state index in [1.807, 2.05) is 6.21 Å². The van der Waals surface area contributed by atoms with Crippen molar-refractivity contribution in [3.63, 3.8) is 0 Å². The molecule has 2 bridgehead atoms. The fourth-order valence-corrected chi connectivity index (χ4v) is 7.30. The van der Waals surface area contributed by atoms with Crippen molar-refractivity contribution in [2.45, 2.75) is 69.1 Å². The zero-order chi connectivity index (χ0) is 24.9. The summed E-state index contributed by atoms with van der Waals surface area (Å²) in [6.07, 6.45) is 8.49. The van der Waals surface area contributed by atoms with E-state index >= 15 is 0 Å². The lowest BCUT2D eigenvalue weighted by molar-refractivity contribution is -0.174. The molecule has 2 aliphatic heterocycles. The molecule has 0 spiro atoms. The van der Waals surface area contributed by atoms with Gasteiger partial charge in [0.1, 0.15) is 5.84 Å². The minimum absolute atomic E-state index is 0.0504. The Balaban J connectivity index is 1.23. The lowest BCUT2D eigenvalue weighted by Crippen LogP contribution is -2.71. The number of aromatic amines is 1. The maximum atomic E-state index is 12.6. The molecule has 2 aromatic rings. The Morgan fingerprint density at radius 1 is 1.31 bits per heavy atom. The predicted molar refractivity (Wildman–Crippen MR) is 146 cm³/mol. The average molecular weight is 491 g/mol. The van der Waals surface area contributed by atoms with E-state index in [0.717, 1.165) is 49.9 Å². The number of rotatable bonds is 8. The summed E-state index contributed by atoms with van der Waals surface area (Å²) >= 11 is 0. The van der Waals surface area contributed by atoms with Gasteiger partial charge < -0.3 is 15.2 Å². The fourth-order valence-electron chi connectivity index (χ4n) is 7.30. The van der Waals surface area contributed by atoms with E-state index in [-0.39, 0.29) is 12.7 Å². The molecule has 1 unspecified atom stereocenters. The second kappa shape index (κ2) is 9.42. The number of aliphatic imine (C=N–C) groups is 2. The summed E-state index contributed by atoms with van der Waals surface area (Å²) in [5, 5.41) is 4.88. The first-order chi connectivity index (χ1) is 17.5. The number of nitrogens with zero attached hydrogens (tertiary/aromatic N) is 4. The first-order valence-corrected chi connectivity index (χ1v) is 13.6. The molecule has 3 aliphatic carbocycles. The molecule has 6 nitrogen and oxygen atoms in total. The number of benzene rings is 1. The van der Waals surface area contributed by atoms with Crippen LogP contribution < -0.4 is 5.32 Å². The molecule has 3 heterocycles. The van der Waals surface area contributed by atoms with E-state index < -0.39 is 0 Å². The van der Waals surface area contributed by atoms with Crippen LogP contribution in [0.2, 0.25) is 0 Å². The van der Waals surface area contributed by atoms with Crippen LogP contribution in [0.4, 0.5) is 4.39 Å². The number of fused-ring (bicyclic) bond motifs is 3. The van der Waals surface area contributed by atoms with Crippen molar-refractivity contribution in [1.29, 1.82) is 0 Å². The second-order valence-electron chi connectivity index (χ2n) is 11.5. The summed E-state index contributed by atoms with van der Waals surface area (Å²) in [5.41, 5.74) is 5.08. The highest BCUT2D eigenvalue weighted by Crippen LogP contribution is 2.64. The average Bonchev–Trinajstić information content (AvgIpc) is 3.42. The first kappa shape index (κ1) is 23.9. The maximum Gasteiger partial charge on any atom is 0.139 e. The highest BCUT2D eigenvalue weighted by molar-refractivity contribution is 6.29. The Hall–Kier alpha value is -2.51. The molecule has 2 N–H and O–H groups in total. The first-order valence-electron chi connectivity index (χ1n) is 13.6. The van der Waals surface area contributed by atoms with Gasteiger partial charge in [0.15, 0.2) is 0 Å². The fraction of sp³-hybridized carbons (Fsp3) is 0.586. The molecular formula is C29H39FN6. The van der Waals surface area contributed by atoms with E-state index in [1.165, 1.54) is 41.4 Å². The van der Waals surface area contributed by atoms with E-state index in [4.69, 9.17) is 4.99 Å². The molecule has 3 atom stereocenters. The van der Waals surface area contributed by atoms with Gasteiger partial charge in [-0.15, -0.1) is 0 Å². The Morgan fingerprint density at radius 2 is 2.11 bits per heavy atom. The Morgan fingerprint density at radius 3 is 2.83 bits per heavy atom. The van der Waals surface area contributed by atoms with Crippen molar-refractivity contribution in [1.82, 2.24) is 20.1 Å². The number of hydrogen-bond donors (Lipinski definition) is 2. The van der Waals surface area contributed by atoms with Crippen LogP contribution >= 0.6 is 0 Å². The van der Waals surface area contributed by atoms with Crippen LogP contribution in [0.1, 0.15) is 56.3 Å². The maximum absolute atomic E-state index is 12.6. The van der Waals surface area contributed by atoms with E-state index in [0.29, 0.717) is 24.0 Å². The van der Waals surface area contributed by atoms with Gasteiger partial charge in [-0.25, -0.2) is 0 Å². The van der Waals surface area contributed by atoms with Crippen molar-refractivity contribution < 1.29 is 4.39 Å². The van der Waals surface area contributed by atoms with Crippen LogP contribution in [0.3, 0.4) is 0 Å². The smallest absolute Gasteiger partial charge is 0.139 e. The quantitative estimate of drug-likeness (QED) is 0.419. The van der Waals surface area contributed by atoms with Crippen molar-refractivity contribution in [2.24, 2.45) is 15.9 Å². The number of likely N-dealkylation sites (tertiary alicyclic amines) is 1. The predicted octanol–water partition coefficient (Wildman–Crippen LogP) is 4.64. The monoisotopic (exact) mass is 490 g/mol. The highest BCUT2D eigenvalue weighted by atomic mass is 19.1. The summed E-state index contributed by atoms with van der Waals surface area (Å²) < 4.78 is 12.6. The van der Waals surface area contributed by atoms with Gasteiger partial charge in [0, 0.05) is 60.9 Å². The summed E-state index contributed by atoms with van der Waals surface area (Å²) in [6, 6.07) is 9.46. The van der Waals surface area contributed by atoms with Gasteiger partial charge in [-0.05, 0) is 63.0 Å². The SMILES string of the molecule is C=C(N=CC(=NC)NC1CCN(CCCF)C1)[C@@H]1c2[nH]c3ccccc3c2C[C@@H](C)N1C12CC(C1)C2. The van der Waals surface area contributed by atoms with Crippen LogP contribution in [0.15, 0.2) is 46.5 Å². The summed E-state index contributed by atoms with van der Waals surface area (Å²) in [5.74, 6) is 1.70. The van der Waals surface area contributed by atoms with Gasteiger partial charge in [-0.2, -0.15) is 0 Å². The molecular weight excluding hydrogens is 451 g/mol. The van der Waals surface area contributed by atoms with Gasteiger partial charge in [0.25, 0.3) is 0 Å². The number of alkyl halides is 1. The second-order valence-corrected chi connectivity index (χ2v) is 11.5. The van der Waals surface area contributed by atoms with Crippen LogP contribution in [0, 0.1) is 5.92 Å². The third kappa shape index (κ3) is 4.01. The minimum Gasteiger partial charge on any atom is -0.365 e. The molecule has 1 saturated heterocycles. The lowest BCUT2D eigenvalue weighted by atomic mass is 9.48. The summed E-state index contributed by atoms with van der Waals surface area (Å²) in [7, 11) is 1.81. The number of hydrogen-bond acceptors (Lipinski definition) is 4. The molecule has 7 heteroatoms. The van der Waals surface area contributed by atoms with Crippen LogP contribution in [-0.2, 0) is 6.42 Å². The molecule has 0 amide bonds. The van der Waals surface area contributed by atoms with Gasteiger partial charge in [0.05, 0.1) is 24.6 Å². The normalized spacial score (nSPS) is 32.5. The molecule has 0 radical (unpaired) electrons. The lowest BCUT2D eigenvalue weighted by Gasteiger charge is -2.70. The molecule has 1 aromatic carbocycles. The van der Waals surface area contributed by atoms with Crippen molar-refractivity contribution in [3.05, 3.63) is 47.8 Å². The van der Waals surface area contributed by atoms with Crippen molar-refractivity contribution in [3.8, 4) is 0 Å². The van der Waals surface area contributed by atoms with E-state index in [9.17, 15) is 4.39 Å². The number of H-pyrrole nitrogens is 1. The minimum atomic E-state index is -0.248. The summed E-state index contributed by atoms with van der Waals surface area (Å²) in [6.45, 7) is 9.39. The van der Waals surface area contributed by atoms with Crippen LogP contribution in [-0.4, -0.2) is 77.8 Å². The van der Waals surface area contributed by atoms with Gasteiger partial charge >= 0.3 is 0 Å². The molecule has 36 heavy (non-hydrogen) atoms. The number of nitrogens with one attached hydrogen (secondary N) is 2. The van der Waals surface area contributed by atoms with Crippen molar-refractivity contribution in [2.75, 3.05) is 33.4 Å². The van der Waals surface area contributed by atoms with Gasteiger partial charge in [0.2, 0.25) is 0 Å². The van der Waals surface area contributed by atoms with Gasteiger partial charge in [-0.3, -0.25) is 19.3 Å². The zero-order valence-corrected chi connectivity index (χ0v) is 21.6. The molecule has 3 saturated carbocycles. The number of para-hydroxylation sites is 1. The number of amidine groups is 1. The topological polar surface area (TPSA) is 59.0 Å². The molecule has 1 aromatic heterocycles. The number of halogens is 1. The van der Waals surface area contributed by atoms with Crippen LogP contribution in [0.25, 0.3) is 10.9 Å². The largest absolute Gasteiger partial charge is 0.365 e. The third-order valence-electron chi connectivity index (χ3n) is 9.07. The molecule has 7 rings (SSSR count). The summed E-state index contributed by atoms with van der Waals surface area (Å²) in [4.78, 5) is 18.2. The van der Waals surface area contributed by atoms with E-state index in [2.05, 4.69) is 62.9 Å². The molecule has 192 valence electrons. The molecule has 4 fully saturated rings. The third-order valence-corrected chi connectivity index (χ3v) is 9.07. The Kier molecular flexibility index (Phi) is 6.24. The van der Waals surface area contributed by atoms with Crippen molar-refractivity contribution >= 4 is 23.0 Å². The highest BCUT2D eigenvalue weighted by Gasteiger charge is 2.63. The van der Waals surface area contributed by atoms with E-state index in [1.54, 1.807) is 7.05 Å². The van der Waals surface area contributed by atoms with Crippen LogP contribution in [0.5, 0.6) is 0 Å². The zero-order valence-electron chi connectivity index (χ0n) is 21.6. The van der Waals surface area contributed by atoms with Gasteiger partial charge in [-0.1, -0.05) is 24.8 Å². The molecule has 5 aliphatic rings. The number of aromatic nitrogens is 1. The Labute approximate surface area is 213 Å². The Bertz CT molecular complexity index is 1180.